The minimum Gasteiger partial charge on any atom is -0.384 e. The van der Waals surface area contributed by atoms with Crippen molar-refractivity contribution < 1.29 is 8.42 Å². The highest BCUT2D eigenvalue weighted by molar-refractivity contribution is 7.89. The van der Waals surface area contributed by atoms with Crippen molar-refractivity contribution in [1.82, 2.24) is 4.31 Å². The van der Waals surface area contributed by atoms with Crippen LogP contribution in [0.4, 0.5) is 5.69 Å². The zero-order valence-electron chi connectivity index (χ0n) is 13.4. The van der Waals surface area contributed by atoms with Gasteiger partial charge in [-0.1, -0.05) is 13.8 Å². The van der Waals surface area contributed by atoms with Gasteiger partial charge in [-0.2, -0.15) is 0 Å². The number of rotatable bonds is 8. The summed E-state index contributed by atoms with van der Waals surface area (Å²) in [6, 6.07) is 6.84. The third kappa shape index (κ3) is 4.18. The molecule has 5 nitrogen and oxygen atoms in total. The fraction of sp³-hybridized carbons (Fsp3) is 0.600. The highest BCUT2D eigenvalue weighted by Gasteiger charge is 2.24. The highest BCUT2D eigenvalue weighted by Crippen LogP contribution is 2.26. The maximum atomic E-state index is 12.0. The molecule has 0 unspecified atom stereocenters. The van der Waals surface area contributed by atoms with Crippen LogP contribution >= 0.6 is 0 Å². The molecular formula is C15H27N3O2S. The number of nitrogens with two attached hydrogens (primary N) is 1. The molecule has 0 radical (unpaired) electrons. The summed E-state index contributed by atoms with van der Waals surface area (Å²) >= 11 is 0. The van der Waals surface area contributed by atoms with Gasteiger partial charge in [-0.25, -0.2) is 12.7 Å². The summed E-state index contributed by atoms with van der Waals surface area (Å²) in [6.07, 6.45) is 2.03. The molecular weight excluding hydrogens is 286 g/mol. The van der Waals surface area contributed by atoms with E-state index in [-0.39, 0.29) is 5.41 Å². The van der Waals surface area contributed by atoms with Crippen LogP contribution in [-0.4, -0.2) is 39.9 Å². The van der Waals surface area contributed by atoms with Gasteiger partial charge >= 0.3 is 0 Å². The molecule has 0 heterocycles. The Morgan fingerprint density at radius 2 is 1.67 bits per heavy atom. The number of sulfonamides is 1. The van der Waals surface area contributed by atoms with Gasteiger partial charge < -0.3 is 11.1 Å². The molecule has 0 fully saturated rings. The lowest BCUT2D eigenvalue weighted by atomic mass is 9.82. The average Bonchev–Trinajstić information content (AvgIpc) is 2.49. The summed E-state index contributed by atoms with van der Waals surface area (Å²) in [4.78, 5) is 0.300. The van der Waals surface area contributed by atoms with Crippen molar-refractivity contribution in [2.24, 2.45) is 11.1 Å². The normalized spacial score (nSPS) is 12.7. The molecule has 1 rings (SSSR count). The van der Waals surface area contributed by atoms with Gasteiger partial charge in [0.1, 0.15) is 0 Å². The zero-order valence-corrected chi connectivity index (χ0v) is 14.2. The number of hydrogen-bond donors (Lipinski definition) is 2. The molecule has 0 amide bonds. The third-order valence-corrected chi connectivity index (χ3v) is 6.06. The first-order chi connectivity index (χ1) is 9.81. The van der Waals surface area contributed by atoms with Crippen LogP contribution < -0.4 is 11.1 Å². The Bertz CT molecular complexity index is 526. The van der Waals surface area contributed by atoms with Gasteiger partial charge in [0.2, 0.25) is 10.0 Å². The van der Waals surface area contributed by atoms with Crippen molar-refractivity contribution >= 4 is 15.7 Å². The monoisotopic (exact) mass is 313 g/mol. The van der Waals surface area contributed by atoms with Gasteiger partial charge in [-0.05, 0) is 49.1 Å². The molecule has 0 bridgehead atoms. The van der Waals surface area contributed by atoms with Crippen LogP contribution in [0.2, 0.25) is 0 Å². The van der Waals surface area contributed by atoms with Gasteiger partial charge in [-0.15, -0.1) is 0 Å². The van der Waals surface area contributed by atoms with E-state index in [4.69, 9.17) is 5.73 Å². The van der Waals surface area contributed by atoms with E-state index >= 15 is 0 Å². The number of anilines is 1. The summed E-state index contributed by atoms with van der Waals surface area (Å²) in [7, 11) is -0.311. The molecule has 1 aromatic carbocycles. The van der Waals surface area contributed by atoms with Crippen LogP contribution in [-0.2, 0) is 10.0 Å². The van der Waals surface area contributed by atoms with E-state index in [1.807, 2.05) is 0 Å². The van der Waals surface area contributed by atoms with E-state index in [0.717, 1.165) is 25.1 Å². The first kappa shape index (κ1) is 17.9. The molecule has 1 aromatic rings. The average molecular weight is 313 g/mol. The smallest absolute Gasteiger partial charge is 0.242 e. The summed E-state index contributed by atoms with van der Waals surface area (Å²) in [5.74, 6) is 0. The molecule has 0 atom stereocenters. The number of benzene rings is 1. The van der Waals surface area contributed by atoms with Gasteiger partial charge in [-0.3, -0.25) is 0 Å². The fourth-order valence-electron chi connectivity index (χ4n) is 2.11. The van der Waals surface area contributed by atoms with Crippen molar-refractivity contribution in [2.75, 3.05) is 32.5 Å². The Kier molecular flexibility index (Phi) is 6.19. The standard InChI is InChI=1S/C15H27N3O2S/c1-5-15(6-2,11-16)12-17-13-7-9-14(10-8-13)21(19,20)18(3)4/h7-10,17H,5-6,11-12,16H2,1-4H3. The first-order valence-electron chi connectivity index (χ1n) is 7.28. The van der Waals surface area contributed by atoms with Crippen LogP contribution in [0.1, 0.15) is 26.7 Å². The number of nitrogens with one attached hydrogen (secondary N) is 1. The summed E-state index contributed by atoms with van der Waals surface area (Å²) in [5, 5.41) is 3.36. The Hall–Kier alpha value is -1.11. The molecule has 0 aliphatic rings. The van der Waals surface area contributed by atoms with Crippen LogP contribution in [0.5, 0.6) is 0 Å². The number of nitrogens with zero attached hydrogens (tertiary/aromatic N) is 1. The summed E-state index contributed by atoms with van der Waals surface area (Å²) < 4.78 is 25.2. The highest BCUT2D eigenvalue weighted by atomic mass is 32.2. The van der Waals surface area contributed by atoms with E-state index in [9.17, 15) is 8.42 Å². The SMILES string of the molecule is CCC(CC)(CN)CNc1ccc(S(=O)(=O)N(C)C)cc1. The van der Waals surface area contributed by atoms with Crippen LogP contribution in [0.3, 0.4) is 0 Å². The lowest BCUT2D eigenvalue weighted by Gasteiger charge is -2.30. The fourth-order valence-corrected chi connectivity index (χ4v) is 3.01. The van der Waals surface area contributed by atoms with E-state index < -0.39 is 10.0 Å². The Morgan fingerprint density at radius 1 is 1.14 bits per heavy atom. The van der Waals surface area contributed by atoms with Crippen LogP contribution in [0.25, 0.3) is 0 Å². The van der Waals surface area contributed by atoms with Crippen LogP contribution in [0, 0.1) is 5.41 Å². The molecule has 0 saturated carbocycles. The summed E-state index contributed by atoms with van der Waals surface area (Å²) in [5.41, 5.74) is 6.88. The Balaban J connectivity index is 2.81. The van der Waals surface area contributed by atoms with E-state index in [1.54, 1.807) is 24.3 Å². The predicted molar refractivity (Wildman–Crippen MR) is 87.9 cm³/mol. The van der Waals surface area contributed by atoms with Crippen molar-refractivity contribution in [1.29, 1.82) is 0 Å². The summed E-state index contributed by atoms with van der Waals surface area (Å²) in [6.45, 7) is 5.71. The Labute approximate surface area is 128 Å². The molecule has 21 heavy (non-hydrogen) atoms. The van der Waals surface area contributed by atoms with Gasteiger partial charge in [0.15, 0.2) is 0 Å². The maximum Gasteiger partial charge on any atom is 0.242 e. The molecule has 120 valence electrons. The van der Waals surface area contributed by atoms with E-state index in [1.165, 1.54) is 18.4 Å². The largest absolute Gasteiger partial charge is 0.384 e. The molecule has 0 aliphatic heterocycles. The molecule has 0 spiro atoms. The van der Waals surface area contributed by atoms with E-state index in [2.05, 4.69) is 19.2 Å². The van der Waals surface area contributed by atoms with Crippen molar-refractivity contribution in [3.63, 3.8) is 0 Å². The van der Waals surface area contributed by atoms with Crippen molar-refractivity contribution in [3.05, 3.63) is 24.3 Å². The Morgan fingerprint density at radius 3 is 2.05 bits per heavy atom. The lowest BCUT2D eigenvalue weighted by molar-refractivity contribution is 0.294. The minimum atomic E-state index is -3.37. The second-order valence-corrected chi connectivity index (χ2v) is 7.73. The van der Waals surface area contributed by atoms with Crippen LogP contribution in [0.15, 0.2) is 29.2 Å². The van der Waals surface area contributed by atoms with Crippen molar-refractivity contribution in [2.45, 2.75) is 31.6 Å². The molecule has 0 aromatic heterocycles. The molecule has 6 heteroatoms. The zero-order chi connectivity index (χ0) is 16.1. The third-order valence-electron chi connectivity index (χ3n) is 4.23. The first-order valence-corrected chi connectivity index (χ1v) is 8.72. The predicted octanol–water partition coefficient (Wildman–Crippen LogP) is 2.11. The topological polar surface area (TPSA) is 75.4 Å². The molecule has 0 saturated heterocycles. The van der Waals surface area contributed by atoms with Gasteiger partial charge in [0.05, 0.1) is 4.90 Å². The van der Waals surface area contributed by atoms with Crippen molar-refractivity contribution in [3.8, 4) is 0 Å². The number of hydrogen-bond acceptors (Lipinski definition) is 4. The molecule has 3 N–H and O–H groups in total. The van der Waals surface area contributed by atoms with Gasteiger partial charge in [0, 0.05) is 26.3 Å². The maximum absolute atomic E-state index is 12.0. The minimum absolute atomic E-state index is 0.0917. The second kappa shape index (κ2) is 7.24. The lowest BCUT2D eigenvalue weighted by Crippen LogP contribution is -2.36. The molecule has 0 aliphatic carbocycles. The second-order valence-electron chi connectivity index (χ2n) is 5.58. The van der Waals surface area contributed by atoms with Gasteiger partial charge in [0.25, 0.3) is 0 Å². The quantitative estimate of drug-likeness (QED) is 0.771. The van der Waals surface area contributed by atoms with E-state index in [0.29, 0.717) is 11.4 Å².